The monoisotopic (exact) mass is 338 g/mol. The fraction of sp³-hybridized carbons (Fsp3) is 0.500. The Hall–Kier alpha value is -2.86. The van der Waals surface area contributed by atoms with Gasteiger partial charge in [0.25, 0.3) is 5.56 Å². The molecule has 1 aliphatic rings. The Morgan fingerprint density at radius 2 is 2.21 bits per heavy atom. The number of rotatable bonds is 6. The predicted molar refractivity (Wildman–Crippen MR) is 75.7 cm³/mol. The van der Waals surface area contributed by atoms with Gasteiger partial charge in [0.05, 0.1) is 13.2 Å². The maximum absolute atomic E-state index is 12.6. The van der Waals surface area contributed by atoms with Crippen LogP contribution in [0.15, 0.2) is 4.79 Å². The summed E-state index contributed by atoms with van der Waals surface area (Å²) in [5.41, 5.74) is 4.01. The molecule has 3 N–H and O–H groups in total. The number of aromatic nitrogens is 5. The van der Waals surface area contributed by atoms with Gasteiger partial charge >= 0.3 is 5.97 Å². The van der Waals surface area contributed by atoms with E-state index in [1.807, 2.05) is 0 Å². The summed E-state index contributed by atoms with van der Waals surface area (Å²) >= 11 is 0. The molecule has 0 aromatic carbocycles. The van der Waals surface area contributed by atoms with E-state index in [2.05, 4.69) is 15.4 Å². The van der Waals surface area contributed by atoms with Crippen molar-refractivity contribution in [2.24, 2.45) is 5.73 Å². The standard InChI is InChI=1S/C12H14N6O6/c1-2-23-12(22)8-7-9(17(15-8)3-6(13)20)10(21)18(16-14-7)11-5(4-19)24-11/h5,11,19H,2-4H2,1H3,(H2,13,20). The van der Waals surface area contributed by atoms with Crippen LogP contribution in [0.4, 0.5) is 0 Å². The highest BCUT2D eigenvalue weighted by atomic mass is 16.6. The van der Waals surface area contributed by atoms with Gasteiger partial charge in [-0.1, -0.05) is 5.21 Å². The molecule has 12 heteroatoms. The average molecular weight is 338 g/mol. The van der Waals surface area contributed by atoms with Crippen molar-refractivity contribution in [3.63, 3.8) is 0 Å². The third-order valence-electron chi connectivity index (χ3n) is 3.33. The number of hydrogen-bond donors (Lipinski definition) is 2. The number of carbonyl (C=O) groups is 2. The van der Waals surface area contributed by atoms with E-state index in [9.17, 15) is 14.4 Å². The molecule has 12 nitrogen and oxygen atoms in total. The predicted octanol–water partition coefficient (Wildman–Crippen LogP) is -2.46. The van der Waals surface area contributed by atoms with Gasteiger partial charge in [0.1, 0.15) is 12.6 Å². The summed E-state index contributed by atoms with van der Waals surface area (Å²) < 4.78 is 11.8. The SMILES string of the molecule is CCOC(=O)c1nn(CC(N)=O)c2c(=O)n(C3OC3CO)nnc12. The molecule has 128 valence electrons. The largest absolute Gasteiger partial charge is 0.461 e. The van der Waals surface area contributed by atoms with Crippen molar-refractivity contribution in [1.82, 2.24) is 24.8 Å². The Morgan fingerprint density at radius 1 is 1.46 bits per heavy atom. The number of fused-ring (bicyclic) bond motifs is 1. The number of epoxide rings is 1. The summed E-state index contributed by atoms with van der Waals surface area (Å²) in [6.07, 6.45) is -1.33. The van der Waals surface area contributed by atoms with Crippen LogP contribution in [0.2, 0.25) is 0 Å². The lowest BCUT2D eigenvalue weighted by Crippen LogP contribution is -2.28. The van der Waals surface area contributed by atoms with Crippen molar-refractivity contribution >= 4 is 22.9 Å². The highest BCUT2D eigenvalue weighted by molar-refractivity contribution is 6.00. The van der Waals surface area contributed by atoms with E-state index in [1.165, 1.54) is 0 Å². The van der Waals surface area contributed by atoms with Crippen LogP contribution in [0.5, 0.6) is 0 Å². The van der Waals surface area contributed by atoms with E-state index in [1.54, 1.807) is 6.92 Å². The molecule has 2 aromatic heterocycles. The molecule has 2 atom stereocenters. The molecule has 1 fully saturated rings. The lowest BCUT2D eigenvalue weighted by molar-refractivity contribution is -0.118. The van der Waals surface area contributed by atoms with E-state index >= 15 is 0 Å². The Balaban J connectivity index is 2.16. The first-order valence-electron chi connectivity index (χ1n) is 7.05. The summed E-state index contributed by atoms with van der Waals surface area (Å²) in [5, 5.41) is 20.4. The zero-order valence-electron chi connectivity index (χ0n) is 12.6. The van der Waals surface area contributed by atoms with Gasteiger partial charge in [-0.3, -0.25) is 9.59 Å². The Bertz CT molecular complexity index is 873. The maximum atomic E-state index is 12.6. The quantitative estimate of drug-likeness (QED) is 0.428. The number of hydrogen-bond acceptors (Lipinski definition) is 9. The molecule has 1 amide bonds. The van der Waals surface area contributed by atoms with Gasteiger partial charge in [-0.25, -0.2) is 9.48 Å². The number of nitrogens with two attached hydrogens (primary N) is 1. The fourth-order valence-corrected chi connectivity index (χ4v) is 2.25. The van der Waals surface area contributed by atoms with Crippen LogP contribution in [-0.2, 0) is 20.8 Å². The van der Waals surface area contributed by atoms with Crippen molar-refractivity contribution in [2.45, 2.75) is 25.8 Å². The van der Waals surface area contributed by atoms with Gasteiger partial charge in [-0.15, -0.1) is 5.10 Å². The molecule has 0 radical (unpaired) electrons. The molecular weight excluding hydrogens is 324 g/mol. The molecule has 1 aliphatic heterocycles. The summed E-state index contributed by atoms with van der Waals surface area (Å²) in [4.78, 5) is 35.8. The molecule has 2 aromatic rings. The van der Waals surface area contributed by atoms with Crippen molar-refractivity contribution in [2.75, 3.05) is 13.2 Å². The zero-order chi connectivity index (χ0) is 17.4. The second-order valence-corrected chi connectivity index (χ2v) is 4.98. The van der Waals surface area contributed by atoms with E-state index in [4.69, 9.17) is 20.3 Å². The van der Waals surface area contributed by atoms with Crippen LogP contribution < -0.4 is 11.3 Å². The van der Waals surface area contributed by atoms with Gasteiger partial charge in [0.15, 0.2) is 23.0 Å². The smallest absolute Gasteiger partial charge is 0.361 e. The number of aliphatic hydroxyl groups excluding tert-OH is 1. The molecule has 24 heavy (non-hydrogen) atoms. The number of primary amides is 1. The molecule has 0 spiro atoms. The number of nitrogens with zero attached hydrogens (tertiary/aromatic N) is 5. The second kappa shape index (κ2) is 5.98. The lowest BCUT2D eigenvalue weighted by atomic mass is 10.3. The second-order valence-electron chi connectivity index (χ2n) is 4.98. The van der Waals surface area contributed by atoms with Gasteiger partial charge in [-0.05, 0) is 6.92 Å². The molecule has 0 bridgehead atoms. The number of carbonyl (C=O) groups excluding carboxylic acids is 2. The third-order valence-corrected chi connectivity index (χ3v) is 3.33. The maximum Gasteiger partial charge on any atom is 0.361 e. The van der Waals surface area contributed by atoms with Crippen molar-refractivity contribution in [3.8, 4) is 0 Å². The molecule has 0 saturated carbocycles. The van der Waals surface area contributed by atoms with Crippen LogP contribution in [0.3, 0.4) is 0 Å². The molecule has 0 aliphatic carbocycles. The molecular formula is C12H14N6O6. The molecule has 2 unspecified atom stereocenters. The van der Waals surface area contributed by atoms with Crippen molar-refractivity contribution < 1.29 is 24.2 Å². The van der Waals surface area contributed by atoms with E-state index in [0.29, 0.717) is 0 Å². The number of esters is 1. The summed E-state index contributed by atoms with van der Waals surface area (Å²) in [5.74, 6) is -1.55. The van der Waals surface area contributed by atoms with Gasteiger partial charge in [-0.2, -0.15) is 9.78 Å². The van der Waals surface area contributed by atoms with Crippen LogP contribution >= 0.6 is 0 Å². The Morgan fingerprint density at radius 3 is 2.79 bits per heavy atom. The molecule has 3 rings (SSSR count). The zero-order valence-corrected chi connectivity index (χ0v) is 12.6. The Labute approximate surface area is 133 Å². The number of ether oxygens (including phenoxy) is 2. The topological polar surface area (TPSA) is 168 Å². The van der Waals surface area contributed by atoms with Gasteiger partial charge in [0.2, 0.25) is 5.91 Å². The first-order valence-corrected chi connectivity index (χ1v) is 7.05. The summed E-state index contributed by atoms with van der Waals surface area (Å²) in [7, 11) is 0. The van der Waals surface area contributed by atoms with Crippen molar-refractivity contribution in [1.29, 1.82) is 0 Å². The first kappa shape index (κ1) is 16.0. The van der Waals surface area contributed by atoms with Gasteiger partial charge < -0.3 is 20.3 Å². The Kier molecular flexibility index (Phi) is 3.99. The minimum atomic E-state index is -0.798. The van der Waals surface area contributed by atoms with Crippen molar-refractivity contribution in [3.05, 3.63) is 16.0 Å². The first-order chi connectivity index (χ1) is 11.5. The van der Waals surface area contributed by atoms with E-state index < -0.39 is 36.3 Å². The average Bonchev–Trinajstić information content (AvgIpc) is 3.22. The number of aliphatic hydroxyl groups is 1. The van der Waals surface area contributed by atoms with Crippen LogP contribution in [-0.4, -0.2) is 61.1 Å². The minimum Gasteiger partial charge on any atom is -0.461 e. The number of amides is 1. The molecule has 3 heterocycles. The van der Waals surface area contributed by atoms with Crippen LogP contribution in [0, 0.1) is 0 Å². The normalized spacial score (nSPS) is 19.4. The summed E-state index contributed by atoms with van der Waals surface area (Å²) in [6, 6.07) is 0. The van der Waals surface area contributed by atoms with Gasteiger partial charge in [0, 0.05) is 0 Å². The minimum absolute atomic E-state index is 0.0988. The van der Waals surface area contributed by atoms with E-state index in [-0.39, 0.29) is 29.9 Å². The highest BCUT2D eigenvalue weighted by Gasteiger charge is 2.42. The summed E-state index contributed by atoms with van der Waals surface area (Å²) in [6.45, 7) is 0.997. The lowest BCUT2D eigenvalue weighted by Gasteiger charge is -2.01. The molecule has 1 saturated heterocycles. The van der Waals surface area contributed by atoms with E-state index in [0.717, 1.165) is 9.36 Å². The highest BCUT2D eigenvalue weighted by Crippen LogP contribution is 2.31. The van der Waals surface area contributed by atoms with Crippen LogP contribution in [0.1, 0.15) is 23.6 Å². The third kappa shape index (κ3) is 2.61. The fourth-order valence-electron chi connectivity index (χ4n) is 2.25. The van der Waals surface area contributed by atoms with Crippen LogP contribution in [0.25, 0.3) is 11.0 Å².